The van der Waals surface area contributed by atoms with E-state index in [0.29, 0.717) is 12.2 Å². The summed E-state index contributed by atoms with van der Waals surface area (Å²) < 4.78 is 1.11. The Kier molecular flexibility index (Phi) is 4.89. The number of hydrogen-bond acceptors (Lipinski definition) is 5. The number of oxime groups is 1. The first kappa shape index (κ1) is 14.0. The Morgan fingerprint density at radius 1 is 1.42 bits per heavy atom. The van der Waals surface area contributed by atoms with Crippen LogP contribution in [0.5, 0.6) is 0 Å². The van der Waals surface area contributed by atoms with Crippen molar-refractivity contribution >= 4 is 33.1 Å². The number of hydrogen-bond donors (Lipinski definition) is 3. The number of nitrogens with one attached hydrogen (secondary N) is 1. The average Bonchev–Trinajstić information content (AvgIpc) is 2.84. The van der Waals surface area contributed by atoms with Crippen molar-refractivity contribution in [3.05, 3.63) is 50.4 Å². The van der Waals surface area contributed by atoms with Crippen LogP contribution in [0.15, 0.2) is 39.4 Å². The van der Waals surface area contributed by atoms with Gasteiger partial charge in [-0.2, -0.15) is 0 Å². The van der Waals surface area contributed by atoms with Crippen molar-refractivity contribution in [1.29, 1.82) is 0 Å². The second-order valence-corrected chi connectivity index (χ2v) is 6.35. The first-order valence-electron chi connectivity index (χ1n) is 5.57. The smallest absolute Gasteiger partial charge is 0.189 e. The maximum Gasteiger partial charge on any atom is 0.189 e. The predicted octanol–water partition coefficient (Wildman–Crippen LogP) is 2.29. The number of pyridine rings is 1. The fourth-order valence-corrected chi connectivity index (χ4v) is 3.08. The van der Waals surface area contributed by atoms with Crippen molar-refractivity contribution in [2.45, 2.75) is 13.1 Å². The molecule has 2 aromatic heterocycles. The Labute approximate surface area is 123 Å². The first-order valence-corrected chi connectivity index (χ1v) is 7.18. The number of rotatable bonds is 5. The lowest BCUT2D eigenvalue weighted by molar-refractivity contribution is 0.318. The van der Waals surface area contributed by atoms with Gasteiger partial charge in [-0.15, -0.1) is 11.3 Å². The highest BCUT2D eigenvalue weighted by Gasteiger charge is 2.07. The van der Waals surface area contributed by atoms with Crippen LogP contribution in [-0.2, 0) is 13.1 Å². The summed E-state index contributed by atoms with van der Waals surface area (Å²) in [6, 6.07) is 7.81. The van der Waals surface area contributed by atoms with Gasteiger partial charge in [-0.25, -0.2) is 0 Å². The lowest BCUT2D eigenvalue weighted by Gasteiger charge is -2.07. The fraction of sp³-hybridized carbons (Fsp3) is 0.167. The van der Waals surface area contributed by atoms with Crippen LogP contribution in [0.2, 0.25) is 0 Å². The molecule has 7 heteroatoms. The Morgan fingerprint density at radius 2 is 2.26 bits per heavy atom. The molecule has 0 aliphatic carbocycles. The molecule has 0 amide bonds. The quantitative estimate of drug-likeness (QED) is 0.337. The SMILES string of the molecule is NC(=NO)c1ncccc1CNCc1ccc(Br)s1. The second-order valence-electron chi connectivity index (χ2n) is 3.81. The molecule has 5 nitrogen and oxygen atoms in total. The molecular formula is C12H13BrN4OS. The Morgan fingerprint density at radius 3 is 2.95 bits per heavy atom. The Balaban J connectivity index is 2.00. The van der Waals surface area contributed by atoms with Crippen molar-refractivity contribution in [3.63, 3.8) is 0 Å². The normalized spacial score (nSPS) is 11.7. The van der Waals surface area contributed by atoms with Gasteiger partial charge in [0.1, 0.15) is 5.69 Å². The number of halogens is 1. The summed E-state index contributed by atoms with van der Waals surface area (Å²) in [4.78, 5) is 5.36. The van der Waals surface area contributed by atoms with Crippen LogP contribution < -0.4 is 11.1 Å². The number of amidine groups is 1. The molecule has 0 saturated heterocycles. The van der Waals surface area contributed by atoms with E-state index in [-0.39, 0.29) is 5.84 Å². The average molecular weight is 341 g/mol. The molecule has 0 bridgehead atoms. The molecule has 2 aromatic rings. The summed E-state index contributed by atoms with van der Waals surface area (Å²) in [5.41, 5.74) is 6.99. The number of nitrogens with two attached hydrogens (primary N) is 1. The number of aromatic nitrogens is 1. The molecule has 4 N–H and O–H groups in total. The minimum absolute atomic E-state index is 0.0243. The fourth-order valence-electron chi connectivity index (χ4n) is 1.63. The van der Waals surface area contributed by atoms with Crippen molar-refractivity contribution < 1.29 is 5.21 Å². The first-order chi connectivity index (χ1) is 9.20. The highest BCUT2D eigenvalue weighted by atomic mass is 79.9. The van der Waals surface area contributed by atoms with Gasteiger partial charge in [-0.05, 0) is 39.7 Å². The van der Waals surface area contributed by atoms with Gasteiger partial charge >= 0.3 is 0 Å². The maximum atomic E-state index is 8.72. The monoisotopic (exact) mass is 340 g/mol. The third kappa shape index (κ3) is 3.76. The van der Waals surface area contributed by atoms with E-state index in [4.69, 9.17) is 10.9 Å². The van der Waals surface area contributed by atoms with E-state index in [2.05, 4.69) is 37.5 Å². The van der Waals surface area contributed by atoms with E-state index in [0.717, 1.165) is 15.9 Å². The summed E-state index contributed by atoms with van der Waals surface area (Å²) >= 11 is 5.12. The zero-order valence-electron chi connectivity index (χ0n) is 10.0. The highest BCUT2D eigenvalue weighted by Crippen LogP contribution is 2.21. The van der Waals surface area contributed by atoms with Crippen molar-refractivity contribution in [1.82, 2.24) is 10.3 Å². The summed E-state index contributed by atoms with van der Waals surface area (Å²) in [6.07, 6.45) is 1.62. The molecule has 0 aliphatic rings. The zero-order chi connectivity index (χ0) is 13.7. The molecule has 2 heterocycles. The minimum atomic E-state index is 0.0243. The summed E-state index contributed by atoms with van der Waals surface area (Å²) in [7, 11) is 0. The third-order valence-corrected chi connectivity index (χ3v) is 4.11. The number of nitrogens with zero attached hydrogens (tertiary/aromatic N) is 2. The molecule has 2 rings (SSSR count). The van der Waals surface area contributed by atoms with E-state index in [1.54, 1.807) is 17.5 Å². The molecule has 0 unspecified atom stereocenters. The summed E-state index contributed by atoms with van der Waals surface area (Å²) in [6.45, 7) is 1.37. The molecule has 0 spiro atoms. The van der Waals surface area contributed by atoms with E-state index in [9.17, 15) is 0 Å². The highest BCUT2D eigenvalue weighted by molar-refractivity contribution is 9.11. The third-order valence-electron chi connectivity index (χ3n) is 2.49. The molecule has 0 radical (unpaired) electrons. The van der Waals surface area contributed by atoms with Gasteiger partial charge in [-0.3, -0.25) is 4.98 Å². The van der Waals surface area contributed by atoms with Crippen LogP contribution in [0.25, 0.3) is 0 Å². The van der Waals surface area contributed by atoms with Gasteiger partial charge in [0.25, 0.3) is 0 Å². The number of thiophene rings is 1. The van der Waals surface area contributed by atoms with Gasteiger partial charge < -0.3 is 16.3 Å². The van der Waals surface area contributed by atoms with Gasteiger partial charge in [0.15, 0.2) is 5.84 Å². The molecule has 0 aromatic carbocycles. The Bertz CT molecular complexity index is 585. The topological polar surface area (TPSA) is 83.5 Å². The van der Waals surface area contributed by atoms with Crippen molar-refractivity contribution in [3.8, 4) is 0 Å². The summed E-state index contributed by atoms with van der Waals surface area (Å²) in [5.74, 6) is 0.0243. The maximum absolute atomic E-state index is 8.72. The standard InChI is InChI=1S/C12H13BrN4OS/c13-10-4-3-9(19-10)7-15-6-8-2-1-5-16-11(8)12(14)17-18/h1-5,15,18H,6-7H2,(H2,14,17). The predicted molar refractivity (Wildman–Crippen MR) is 79.3 cm³/mol. The van der Waals surface area contributed by atoms with Crippen LogP contribution >= 0.6 is 27.3 Å². The molecule has 0 atom stereocenters. The summed E-state index contributed by atoms with van der Waals surface area (Å²) in [5, 5.41) is 15.0. The molecule has 0 fully saturated rings. The van der Waals surface area contributed by atoms with Gasteiger partial charge in [-0.1, -0.05) is 11.2 Å². The van der Waals surface area contributed by atoms with Crippen molar-refractivity contribution in [2.24, 2.45) is 10.9 Å². The van der Waals surface area contributed by atoms with Crippen LogP contribution in [0.3, 0.4) is 0 Å². The van der Waals surface area contributed by atoms with Gasteiger partial charge in [0.05, 0.1) is 3.79 Å². The van der Waals surface area contributed by atoms with Crippen LogP contribution in [0.4, 0.5) is 0 Å². The molecular weight excluding hydrogens is 328 g/mol. The minimum Gasteiger partial charge on any atom is -0.409 e. The lowest BCUT2D eigenvalue weighted by atomic mass is 10.2. The van der Waals surface area contributed by atoms with Crippen LogP contribution in [-0.4, -0.2) is 16.0 Å². The van der Waals surface area contributed by atoms with Gasteiger partial charge in [0, 0.05) is 24.2 Å². The van der Waals surface area contributed by atoms with Gasteiger partial charge in [0.2, 0.25) is 0 Å². The van der Waals surface area contributed by atoms with Crippen molar-refractivity contribution in [2.75, 3.05) is 0 Å². The van der Waals surface area contributed by atoms with Crippen LogP contribution in [0.1, 0.15) is 16.1 Å². The van der Waals surface area contributed by atoms with E-state index >= 15 is 0 Å². The van der Waals surface area contributed by atoms with E-state index in [1.165, 1.54) is 4.88 Å². The Hall–Kier alpha value is -1.44. The second kappa shape index (κ2) is 6.65. The molecule has 0 aliphatic heterocycles. The van der Waals surface area contributed by atoms with Crippen LogP contribution in [0, 0.1) is 0 Å². The largest absolute Gasteiger partial charge is 0.409 e. The van der Waals surface area contributed by atoms with E-state index in [1.807, 2.05) is 18.2 Å². The molecule has 0 saturated carbocycles. The molecule has 19 heavy (non-hydrogen) atoms. The van der Waals surface area contributed by atoms with E-state index < -0.39 is 0 Å². The zero-order valence-corrected chi connectivity index (χ0v) is 12.4. The lowest BCUT2D eigenvalue weighted by Crippen LogP contribution is -2.21. The molecule has 100 valence electrons.